The van der Waals surface area contributed by atoms with Gasteiger partial charge in [0.25, 0.3) is 0 Å². The van der Waals surface area contributed by atoms with Gasteiger partial charge in [-0.1, -0.05) is 22.0 Å². The number of hydrogen-bond donors (Lipinski definition) is 1. The van der Waals surface area contributed by atoms with Gasteiger partial charge in [0.15, 0.2) is 0 Å². The SMILES string of the molecule is COc1ccc(CNC(=O)N2CCN(S(=O)(=O)c3ccc(Br)cc3)CC2)cn1. The fourth-order valence-corrected chi connectivity index (χ4v) is 4.50. The molecule has 1 aliphatic rings. The number of nitrogens with zero attached hydrogens (tertiary/aromatic N) is 3. The van der Waals surface area contributed by atoms with Gasteiger partial charge in [-0.3, -0.25) is 0 Å². The number of urea groups is 1. The Bertz CT molecular complexity index is 912. The number of sulfonamides is 1. The summed E-state index contributed by atoms with van der Waals surface area (Å²) in [5.41, 5.74) is 0.852. The lowest BCUT2D eigenvalue weighted by Gasteiger charge is -2.34. The molecule has 3 rings (SSSR count). The minimum absolute atomic E-state index is 0.225. The molecule has 0 unspecified atom stereocenters. The molecule has 1 aromatic carbocycles. The number of methoxy groups -OCH3 is 1. The molecule has 1 N–H and O–H groups in total. The van der Waals surface area contributed by atoms with Crippen molar-refractivity contribution in [3.8, 4) is 5.88 Å². The first-order valence-corrected chi connectivity index (χ1v) is 10.9. The van der Waals surface area contributed by atoms with Crippen molar-refractivity contribution in [3.05, 3.63) is 52.6 Å². The zero-order valence-electron chi connectivity index (χ0n) is 15.3. The Balaban J connectivity index is 1.52. The number of amides is 2. The van der Waals surface area contributed by atoms with Gasteiger partial charge >= 0.3 is 6.03 Å². The molecule has 8 nitrogen and oxygen atoms in total. The second-order valence-corrected chi connectivity index (χ2v) is 9.07. The van der Waals surface area contributed by atoms with Crippen LogP contribution in [-0.2, 0) is 16.6 Å². The topological polar surface area (TPSA) is 91.8 Å². The number of halogens is 1. The van der Waals surface area contributed by atoms with Gasteiger partial charge in [0.05, 0.1) is 12.0 Å². The smallest absolute Gasteiger partial charge is 0.317 e. The predicted molar refractivity (Wildman–Crippen MR) is 107 cm³/mol. The number of carbonyl (C=O) groups is 1. The van der Waals surface area contributed by atoms with Crippen LogP contribution in [0.2, 0.25) is 0 Å². The molecule has 1 fully saturated rings. The Labute approximate surface area is 172 Å². The molecule has 150 valence electrons. The fraction of sp³-hybridized carbons (Fsp3) is 0.333. The minimum Gasteiger partial charge on any atom is -0.481 e. The van der Waals surface area contributed by atoms with Crippen LogP contribution in [0.5, 0.6) is 5.88 Å². The molecule has 2 aromatic rings. The number of piperazine rings is 1. The van der Waals surface area contributed by atoms with Gasteiger partial charge in [0, 0.05) is 49.5 Å². The average molecular weight is 469 g/mol. The van der Waals surface area contributed by atoms with Gasteiger partial charge in [-0.05, 0) is 29.8 Å². The molecule has 1 aliphatic heterocycles. The van der Waals surface area contributed by atoms with E-state index in [2.05, 4.69) is 26.2 Å². The Hall–Kier alpha value is -2.17. The molecule has 0 aliphatic carbocycles. The summed E-state index contributed by atoms with van der Waals surface area (Å²) in [5, 5.41) is 2.83. The molecule has 1 saturated heterocycles. The summed E-state index contributed by atoms with van der Waals surface area (Å²) in [5.74, 6) is 0.512. The molecule has 0 spiro atoms. The van der Waals surface area contributed by atoms with Gasteiger partial charge in [0.1, 0.15) is 0 Å². The molecule has 1 aromatic heterocycles. The molecule has 0 saturated carbocycles. The summed E-state index contributed by atoms with van der Waals surface area (Å²) >= 11 is 3.30. The standard InChI is InChI=1S/C18H21BrN4O4S/c1-27-17-7-2-14(12-20-17)13-21-18(24)22-8-10-23(11-9-22)28(25,26)16-5-3-15(19)4-6-16/h2-7,12H,8-11,13H2,1H3,(H,21,24). The van der Waals surface area contributed by atoms with Crippen molar-refractivity contribution in [2.75, 3.05) is 33.3 Å². The summed E-state index contributed by atoms with van der Waals surface area (Å²) in [7, 11) is -2.01. The average Bonchev–Trinajstić information content (AvgIpc) is 2.73. The van der Waals surface area contributed by atoms with Crippen molar-refractivity contribution in [1.82, 2.24) is 19.5 Å². The lowest BCUT2D eigenvalue weighted by atomic mass is 10.3. The highest BCUT2D eigenvalue weighted by Crippen LogP contribution is 2.20. The van der Waals surface area contributed by atoms with Crippen molar-refractivity contribution in [2.45, 2.75) is 11.4 Å². The van der Waals surface area contributed by atoms with Crippen LogP contribution in [0.3, 0.4) is 0 Å². The van der Waals surface area contributed by atoms with Crippen molar-refractivity contribution in [3.63, 3.8) is 0 Å². The highest BCUT2D eigenvalue weighted by atomic mass is 79.9. The summed E-state index contributed by atoms with van der Waals surface area (Å²) in [6.07, 6.45) is 1.64. The third-order valence-electron chi connectivity index (χ3n) is 4.43. The van der Waals surface area contributed by atoms with Gasteiger partial charge in [-0.25, -0.2) is 18.2 Å². The second-order valence-electron chi connectivity index (χ2n) is 6.21. The minimum atomic E-state index is -3.56. The lowest BCUT2D eigenvalue weighted by Crippen LogP contribution is -2.52. The zero-order valence-corrected chi connectivity index (χ0v) is 17.7. The van der Waals surface area contributed by atoms with Crippen molar-refractivity contribution in [2.24, 2.45) is 0 Å². The van der Waals surface area contributed by atoms with Gasteiger partial charge in [-0.15, -0.1) is 0 Å². The monoisotopic (exact) mass is 468 g/mol. The second kappa shape index (κ2) is 8.89. The number of aromatic nitrogens is 1. The maximum atomic E-state index is 12.7. The summed E-state index contributed by atoms with van der Waals surface area (Å²) in [6.45, 7) is 1.53. The van der Waals surface area contributed by atoms with Gasteiger partial charge in [-0.2, -0.15) is 4.31 Å². The number of hydrogen-bond acceptors (Lipinski definition) is 5. The maximum absolute atomic E-state index is 12.7. The Morgan fingerprint density at radius 2 is 1.82 bits per heavy atom. The quantitative estimate of drug-likeness (QED) is 0.724. The van der Waals surface area contributed by atoms with Crippen LogP contribution < -0.4 is 10.1 Å². The van der Waals surface area contributed by atoms with Gasteiger partial charge in [0.2, 0.25) is 15.9 Å². The van der Waals surface area contributed by atoms with E-state index >= 15 is 0 Å². The number of carbonyl (C=O) groups excluding carboxylic acids is 1. The Morgan fingerprint density at radius 1 is 1.14 bits per heavy atom. The van der Waals surface area contributed by atoms with Crippen molar-refractivity contribution < 1.29 is 17.9 Å². The molecule has 10 heteroatoms. The number of rotatable bonds is 5. The van der Waals surface area contributed by atoms with Crippen LogP contribution in [0.1, 0.15) is 5.56 Å². The van der Waals surface area contributed by atoms with E-state index in [1.54, 1.807) is 48.5 Å². The molecule has 28 heavy (non-hydrogen) atoms. The Kier molecular flexibility index (Phi) is 6.53. The highest BCUT2D eigenvalue weighted by molar-refractivity contribution is 9.10. The van der Waals surface area contributed by atoms with Crippen LogP contribution in [0, 0.1) is 0 Å². The van der Waals surface area contributed by atoms with Crippen molar-refractivity contribution >= 4 is 32.0 Å². The van der Waals surface area contributed by atoms with E-state index < -0.39 is 10.0 Å². The third kappa shape index (κ3) is 4.81. The molecular weight excluding hydrogens is 448 g/mol. The fourth-order valence-electron chi connectivity index (χ4n) is 2.81. The summed E-state index contributed by atoms with van der Waals surface area (Å²) in [6, 6.07) is 9.87. The van der Waals surface area contributed by atoms with Crippen molar-refractivity contribution in [1.29, 1.82) is 0 Å². The normalized spacial score (nSPS) is 15.3. The molecule has 0 atom stereocenters. The predicted octanol–water partition coefficient (Wildman–Crippen LogP) is 2.07. The van der Waals surface area contributed by atoms with E-state index in [4.69, 9.17) is 4.74 Å². The molecule has 0 bridgehead atoms. The number of ether oxygens (including phenoxy) is 1. The van der Waals surface area contributed by atoms with E-state index in [9.17, 15) is 13.2 Å². The van der Waals surface area contributed by atoms with Gasteiger partial charge < -0.3 is 15.0 Å². The van der Waals surface area contributed by atoms with E-state index in [-0.39, 0.29) is 24.0 Å². The summed E-state index contributed by atoms with van der Waals surface area (Å²) in [4.78, 5) is 18.3. The van der Waals surface area contributed by atoms with Crippen LogP contribution in [0.15, 0.2) is 52.0 Å². The first kappa shape index (κ1) is 20.6. The number of benzene rings is 1. The van der Waals surface area contributed by atoms with Crippen LogP contribution in [-0.4, -0.2) is 61.9 Å². The number of nitrogens with one attached hydrogen (secondary N) is 1. The summed E-state index contributed by atoms with van der Waals surface area (Å²) < 4.78 is 32.7. The maximum Gasteiger partial charge on any atom is 0.317 e. The van der Waals surface area contributed by atoms with E-state index in [1.807, 2.05) is 6.07 Å². The molecule has 2 heterocycles. The lowest BCUT2D eigenvalue weighted by molar-refractivity contribution is 0.172. The number of pyridine rings is 1. The molecule has 0 radical (unpaired) electrons. The largest absolute Gasteiger partial charge is 0.481 e. The Morgan fingerprint density at radius 3 is 2.39 bits per heavy atom. The first-order chi connectivity index (χ1) is 13.4. The van der Waals surface area contributed by atoms with Crippen LogP contribution in [0.4, 0.5) is 4.79 Å². The molecule has 2 amide bonds. The zero-order chi connectivity index (χ0) is 20.1. The van der Waals surface area contributed by atoms with Crippen LogP contribution >= 0.6 is 15.9 Å². The van der Waals surface area contributed by atoms with E-state index in [1.165, 1.54) is 4.31 Å². The first-order valence-electron chi connectivity index (χ1n) is 8.67. The third-order valence-corrected chi connectivity index (χ3v) is 6.87. The van der Waals surface area contributed by atoms with E-state index in [0.29, 0.717) is 25.5 Å². The van der Waals surface area contributed by atoms with E-state index in [0.717, 1.165) is 10.0 Å². The highest BCUT2D eigenvalue weighted by Gasteiger charge is 2.30. The van der Waals surface area contributed by atoms with Crippen LogP contribution in [0.25, 0.3) is 0 Å². The molecular formula is C18H21BrN4O4S.